The molecule has 1 heterocycles. The Morgan fingerprint density at radius 1 is 1.35 bits per heavy atom. The van der Waals surface area contributed by atoms with Gasteiger partial charge >= 0.3 is 0 Å². The van der Waals surface area contributed by atoms with Crippen LogP contribution in [0.3, 0.4) is 0 Å². The highest BCUT2D eigenvalue weighted by Gasteiger charge is 2.18. The molecule has 0 atom stereocenters. The van der Waals surface area contributed by atoms with Gasteiger partial charge in [-0.2, -0.15) is 0 Å². The van der Waals surface area contributed by atoms with E-state index in [0.717, 1.165) is 44.7 Å². The summed E-state index contributed by atoms with van der Waals surface area (Å²) >= 11 is 0. The van der Waals surface area contributed by atoms with Gasteiger partial charge in [0.15, 0.2) is 0 Å². The van der Waals surface area contributed by atoms with Crippen molar-refractivity contribution in [2.45, 2.75) is 45.3 Å². The molecule has 1 aromatic heterocycles. The molecule has 2 rings (SSSR count). The molecule has 0 spiro atoms. The number of nitrogens with one attached hydrogen (secondary N) is 1. The van der Waals surface area contributed by atoms with Gasteiger partial charge < -0.3 is 10.4 Å². The van der Waals surface area contributed by atoms with Gasteiger partial charge in [-0.05, 0) is 62.3 Å². The molecule has 2 N–H and O–H groups in total. The van der Waals surface area contributed by atoms with E-state index in [4.69, 9.17) is 0 Å². The Morgan fingerprint density at radius 3 is 2.82 bits per heavy atom. The fraction of sp³-hybridized carbons (Fsp3) is 0.643. The first-order valence-electron chi connectivity index (χ1n) is 6.54. The Bertz CT molecular complexity index is 346. The molecular formula is C14H22N2O. The smallest absolute Gasteiger partial charge is 0.0540 e. The summed E-state index contributed by atoms with van der Waals surface area (Å²) in [6.07, 6.45) is 7.97. The number of nitrogens with zero attached hydrogens (tertiary/aromatic N) is 1. The Morgan fingerprint density at radius 2 is 2.12 bits per heavy atom. The van der Waals surface area contributed by atoms with Gasteiger partial charge in [-0.25, -0.2) is 0 Å². The zero-order valence-electron chi connectivity index (χ0n) is 10.5. The first-order valence-corrected chi connectivity index (χ1v) is 6.54. The van der Waals surface area contributed by atoms with Gasteiger partial charge in [-0.15, -0.1) is 0 Å². The van der Waals surface area contributed by atoms with Crippen molar-refractivity contribution in [1.29, 1.82) is 0 Å². The normalized spacial score (nSPS) is 24.8. The van der Waals surface area contributed by atoms with E-state index in [9.17, 15) is 5.11 Å². The monoisotopic (exact) mass is 234 g/mol. The van der Waals surface area contributed by atoms with Crippen LogP contribution >= 0.6 is 0 Å². The molecule has 1 aliphatic carbocycles. The number of aliphatic hydroxyl groups is 1. The topological polar surface area (TPSA) is 45.2 Å². The third kappa shape index (κ3) is 3.79. The molecule has 0 saturated heterocycles. The van der Waals surface area contributed by atoms with Crippen LogP contribution in [0, 0.1) is 12.8 Å². The van der Waals surface area contributed by atoms with Gasteiger partial charge in [0.05, 0.1) is 6.10 Å². The third-order valence-electron chi connectivity index (χ3n) is 3.71. The number of hydrogen-bond acceptors (Lipinski definition) is 3. The Balaban J connectivity index is 1.71. The van der Waals surface area contributed by atoms with Crippen LogP contribution < -0.4 is 5.32 Å². The fourth-order valence-corrected chi connectivity index (χ4v) is 2.44. The minimum Gasteiger partial charge on any atom is -0.393 e. The summed E-state index contributed by atoms with van der Waals surface area (Å²) < 4.78 is 0. The van der Waals surface area contributed by atoms with Crippen LogP contribution in [0.25, 0.3) is 0 Å². The molecule has 0 amide bonds. The molecule has 3 heteroatoms. The number of hydrogen-bond donors (Lipinski definition) is 2. The maximum absolute atomic E-state index is 9.44. The average Bonchev–Trinajstić information content (AvgIpc) is 2.34. The molecule has 3 nitrogen and oxygen atoms in total. The summed E-state index contributed by atoms with van der Waals surface area (Å²) in [5.74, 6) is 0.732. The van der Waals surface area contributed by atoms with Gasteiger partial charge in [-0.1, -0.05) is 0 Å². The minimum absolute atomic E-state index is 0.0492. The Hall–Kier alpha value is -0.930. The minimum atomic E-state index is -0.0492. The van der Waals surface area contributed by atoms with Crippen LogP contribution in [0.5, 0.6) is 0 Å². The van der Waals surface area contributed by atoms with Crippen molar-refractivity contribution < 1.29 is 5.11 Å². The van der Waals surface area contributed by atoms with Crippen molar-refractivity contribution >= 4 is 0 Å². The molecule has 1 saturated carbocycles. The lowest BCUT2D eigenvalue weighted by atomic mass is 9.87. The molecule has 1 aromatic rings. The molecule has 0 aromatic carbocycles. The molecule has 0 radical (unpaired) electrons. The highest BCUT2D eigenvalue weighted by atomic mass is 16.3. The van der Waals surface area contributed by atoms with Gasteiger partial charge in [0.1, 0.15) is 0 Å². The van der Waals surface area contributed by atoms with Gasteiger partial charge in [-0.3, -0.25) is 4.98 Å². The number of aryl methyl sites for hydroxylation is 1. The van der Waals surface area contributed by atoms with E-state index in [1.54, 1.807) is 0 Å². The van der Waals surface area contributed by atoms with E-state index < -0.39 is 0 Å². The average molecular weight is 234 g/mol. The summed E-state index contributed by atoms with van der Waals surface area (Å²) in [5, 5.41) is 12.9. The summed E-state index contributed by atoms with van der Waals surface area (Å²) in [5.41, 5.74) is 2.58. The molecule has 0 aliphatic heterocycles. The van der Waals surface area contributed by atoms with E-state index >= 15 is 0 Å². The highest BCUT2D eigenvalue weighted by molar-refractivity contribution is 5.20. The summed E-state index contributed by atoms with van der Waals surface area (Å²) in [6, 6.07) is 2.05. The van der Waals surface area contributed by atoms with E-state index in [0.29, 0.717) is 0 Å². The number of pyridine rings is 1. The first-order chi connectivity index (χ1) is 8.25. The zero-order valence-corrected chi connectivity index (χ0v) is 10.5. The SMILES string of the molecule is Cc1ccncc1CNCC1CCC(O)CC1. The summed E-state index contributed by atoms with van der Waals surface area (Å²) in [4.78, 5) is 4.15. The van der Waals surface area contributed by atoms with Gasteiger partial charge in [0.2, 0.25) is 0 Å². The lowest BCUT2D eigenvalue weighted by Gasteiger charge is -2.25. The van der Waals surface area contributed by atoms with Crippen molar-refractivity contribution in [3.8, 4) is 0 Å². The van der Waals surface area contributed by atoms with Crippen molar-refractivity contribution in [1.82, 2.24) is 10.3 Å². The van der Waals surface area contributed by atoms with Crippen LogP contribution in [-0.2, 0) is 6.54 Å². The van der Waals surface area contributed by atoms with E-state index in [2.05, 4.69) is 17.2 Å². The van der Waals surface area contributed by atoms with Gasteiger partial charge in [0, 0.05) is 18.9 Å². The number of rotatable bonds is 4. The van der Waals surface area contributed by atoms with E-state index in [-0.39, 0.29) is 6.10 Å². The van der Waals surface area contributed by atoms with Gasteiger partial charge in [0.25, 0.3) is 0 Å². The number of aliphatic hydroxyl groups excluding tert-OH is 1. The highest BCUT2D eigenvalue weighted by Crippen LogP contribution is 2.23. The molecular weight excluding hydrogens is 212 g/mol. The van der Waals surface area contributed by atoms with Crippen LogP contribution in [0.2, 0.25) is 0 Å². The van der Waals surface area contributed by atoms with Crippen LogP contribution in [-0.4, -0.2) is 22.7 Å². The van der Waals surface area contributed by atoms with Crippen molar-refractivity contribution in [3.05, 3.63) is 29.6 Å². The largest absolute Gasteiger partial charge is 0.393 e. The lowest BCUT2D eigenvalue weighted by Crippen LogP contribution is -2.27. The Kier molecular flexibility index (Phi) is 4.51. The van der Waals surface area contributed by atoms with E-state index in [1.807, 2.05) is 18.5 Å². The second-order valence-electron chi connectivity index (χ2n) is 5.11. The summed E-state index contributed by atoms with van der Waals surface area (Å²) in [7, 11) is 0. The van der Waals surface area contributed by atoms with Crippen LogP contribution in [0.15, 0.2) is 18.5 Å². The summed E-state index contributed by atoms with van der Waals surface area (Å²) in [6.45, 7) is 4.08. The predicted molar refractivity (Wildman–Crippen MR) is 68.6 cm³/mol. The Labute approximate surface area is 103 Å². The standard InChI is InChI=1S/C14H22N2O/c1-11-6-7-15-9-13(11)10-16-8-12-2-4-14(17)5-3-12/h6-7,9,12,14,16-17H,2-5,8,10H2,1H3. The number of aromatic nitrogens is 1. The quantitative estimate of drug-likeness (QED) is 0.838. The fourth-order valence-electron chi connectivity index (χ4n) is 2.44. The molecule has 0 unspecified atom stereocenters. The molecule has 1 aliphatic rings. The molecule has 17 heavy (non-hydrogen) atoms. The van der Waals surface area contributed by atoms with Crippen molar-refractivity contribution in [2.24, 2.45) is 5.92 Å². The predicted octanol–water partition coefficient (Wildman–Crippen LogP) is 2.03. The zero-order chi connectivity index (χ0) is 12.1. The second-order valence-corrected chi connectivity index (χ2v) is 5.11. The first kappa shape index (κ1) is 12.5. The van der Waals surface area contributed by atoms with Crippen molar-refractivity contribution in [2.75, 3.05) is 6.54 Å². The van der Waals surface area contributed by atoms with Crippen molar-refractivity contribution in [3.63, 3.8) is 0 Å². The second kappa shape index (κ2) is 6.12. The molecule has 0 bridgehead atoms. The third-order valence-corrected chi connectivity index (χ3v) is 3.71. The van der Waals surface area contributed by atoms with Crippen LogP contribution in [0.4, 0.5) is 0 Å². The maximum atomic E-state index is 9.44. The molecule has 1 fully saturated rings. The van der Waals surface area contributed by atoms with E-state index in [1.165, 1.54) is 11.1 Å². The van der Waals surface area contributed by atoms with Crippen LogP contribution in [0.1, 0.15) is 36.8 Å². The maximum Gasteiger partial charge on any atom is 0.0540 e. The molecule has 94 valence electrons. The lowest BCUT2D eigenvalue weighted by molar-refractivity contribution is 0.108.